The second-order valence-corrected chi connectivity index (χ2v) is 8.15. The Hall–Kier alpha value is -2.29. The van der Waals surface area contributed by atoms with E-state index in [0.717, 1.165) is 25.2 Å². The standard InChI is InChI=1S/C20H30N4O4S/c1-6-9-15(16-10-14(11-17(25)28-16)24(7-2)8-3)21-19(26)20(5)12-29-18(22-20)13(4)23-27/h10-11,15,27H,6-9,12H2,1-5H3,(H,21,26)/b23-13+/t15-,20+/m1/s1. The number of carbonyl (C=O) groups excluding carboxylic acids is 1. The van der Waals surface area contributed by atoms with Crippen LogP contribution < -0.4 is 15.8 Å². The zero-order valence-corrected chi connectivity index (χ0v) is 18.5. The highest BCUT2D eigenvalue weighted by atomic mass is 32.2. The minimum Gasteiger partial charge on any atom is -0.426 e. The van der Waals surface area contributed by atoms with E-state index in [0.29, 0.717) is 28.7 Å². The molecule has 2 heterocycles. The number of oxime groups is 1. The first-order valence-corrected chi connectivity index (χ1v) is 10.9. The zero-order chi connectivity index (χ0) is 21.6. The summed E-state index contributed by atoms with van der Waals surface area (Å²) in [6.45, 7) is 11.0. The number of aliphatic imine (C=N–C) groups is 1. The second kappa shape index (κ2) is 9.96. The summed E-state index contributed by atoms with van der Waals surface area (Å²) in [7, 11) is 0. The average molecular weight is 423 g/mol. The Morgan fingerprint density at radius 1 is 1.41 bits per heavy atom. The number of rotatable bonds is 9. The zero-order valence-electron chi connectivity index (χ0n) is 17.7. The smallest absolute Gasteiger partial charge is 0.338 e. The van der Waals surface area contributed by atoms with Crippen LogP contribution in [-0.2, 0) is 4.79 Å². The summed E-state index contributed by atoms with van der Waals surface area (Å²) >= 11 is 1.38. The van der Waals surface area contributed by atoms with Gasteiger partial charge in [0.1, 0.15) is 22.1 Å². The Morgan fingerprint density at radius 3 is 2.69 bits per heavy atom. The lowest BCUT2D eigenvalue weighted by molar-refractivity contribution is -0.125. The third-order valence-electron chi connectivity index (χ3n) is 4.92. The molecule has 0 radical (unpaired) electrons. The molecule has 0 fully saturated rings. The molecule has 1 amide bonds. The van der Waals surface area contributed by atoms with Crippen molar-refractivity contribution in [2.75, 3.05) is 23.7 Å². The summed E-state index contributed by atoms with van der Waals surface area (Å²) in [4.78, 5) is 31.7. The molecule has 0 unspecified atom stereocenters. The van der Waals surface area contributed by atoms with Crippen LogP contribution in [0.1, 0.15) is 59.3 Å². The van der Waals surface area contributed by atoms with E-state index in [1.807, 2.05) is 26.8 Å². The fourth-order valence-electron chi connectivity index (χ4n) is 3.16. The summed E-state index contributed by atoms with van der Waals surface area (Å²) in [5.74, 6) is 0.643. The van der Waals surface area contributed by atoms with Gasteiger partial charge in [0.2, 0.25) is 5.91 Å². The molecule has 2 rings (SSSR count). The van der Waals surface area contributed by atoms with Crippen LogP contribution in [0.25, 0.3) is 0 Å². The molecule has 0 saturated carbocycles. The second-order valence-electron chi connectivity index (χ2n) is 7.19. The SMILES string of the molecule is CCC[C@@H](NC(=O)[C@]1(C)CSC(/C(C)=N/O)=N1)c1cc(N(CC)CC)cc(=O)o1. The Morgan fingerprint density at radius 2 is 2.10 bits per heavy atom. The number of nitrogens with one attached hydrogen (secondary N) is 1. The summed E-state index contributed by atoms with van der Waals surface area (Å²) in [6.07, 6.45) is 1.44. The molecule has 0 aliphatic carbocycles. The number of thioether (sulfide) groups is 1. The lowest BCUT2D eigenvalue weighted by atomic mass is 10.0. The molecule has 1 aromatic heterocycles. The fourth-order valence-corrected chi connectivity index (χ4v) is 4.29. The summed E-state index contributed by atoms with van der Waals surface area (Å²) < 4.78 is 5.45. The van der Waals surface area contributed by atoms with Crippen LogP contribution in [0, 0.1) is 0 Å². The lowest BCUT2D eigenvalue weighted by Crippen LogP contribution is -2.45. The van der Waals surface area contributed by atoms with Crippen LogP contribution in [0.4, 0.5) is 5.69 Å². The van der Waals surface area contributed by atoms with Gasteiger partial charge in [-0.25, -0.2) is 4.79 Å². The number of anilines is 1. The molecule has 0 bridgehead atoms. The Bertz CT molecular complexity index is 847. The molecular weight excluding hydrogens is 392 g/mol. The number of hydrogen-bond donors (Lipinski definition) is 2. The highest BCUT2D eigenvalue weighted by Crippen LogP contribution is 2.30. The van der Waals surface area contributed by atoms with Crippen LogP contribution in [-0.4, -0.2) is 46.3 Å². The van der Waals surface area contributed by atoms with E-state index in [1.54, 1.807) is 13.8 Å². The van der Waals surface area contributed by atoms with E-state index in [4.69, 9.17) is 9.62 Å². The molecule has 29 heavy (non-hydrogen) atoms. The van der Waals surface area contributed by atoms with Gasteiger partial charge < -0.3 is 19.8 Å². The third kappa shape index (κ3) is 5.41. The van der Waals surface area contributed by atoms with Crippen molar-refractivity contribution in [2.45, 2.75) is 59.0 Å². The van der Waals surface area contributed by atoms with Gasteiger partial charge in [-0.2, -0.15) is 0 Å². The van der Waals surface area contributed by atoms with E-state index in [2.05, 4.69) is 20.4 Å². The average Bonchev–Trinajstić information content (AvgIpc) is 3.11. The maximum Gasteiger partial charge on any atom is 0.338 e. The molecule has 0 saturated heterocycles. The molecule has 8 nitrogen and oxygen atoms in total. The fraction of sp³-hybridized carbons (Fsp3) is 0.600. The van der Waals surface area contributed by atoms with Crippen molar-refractivity contribution in [2.24, 2.45) is 10.1 Å². The highest BCUT2D eigenvalue weighted by Gasteiger charge is 2.40. The van der Waals surface area contributed by atoms with E-state index in [9.17, 15) is 9.59 Å². The van der Waals surface area contributed by atoms with Crippen LogP contribution >= 0.6 is 11.8 Å². The van der Waals surface area contributed by atoms with Gasteiger partial charge in [-0.15, -0.1) is 11.8 Å². The number of hydrogen-bond acceptors (Lipinski definition) is 8. The van der Waals surface area contributed by atoms with Gasteiger partial charge in [-0.05, 0) is 34.1 Å². The van der Waals surface area contributed by atoms with Crippen molar-refractivity contribution in [3.63, 3.8) is 0 Å². The molecule has 9 heteroatoms. The van der Waals surface area contributed by atoms with Gasteiger partial charge in [0, 0.05) is 36.7 Å². The molecule has 1 aliphatic rings. The van der Waals surface area contributed by atoms with Crippen molar-refractivity contribution < 1.29 is 14.4 Å². The molecule has 0 aromatic carbocycles. The summed E-state index contributed by atoms with van der Waals surface area (Å²) in [5.41, 5.74) is -0.240. The Labute approximate surface area is 175 Å². The quantitative estimate of drug-likeness (QED) is 0.359. The van der Waals surface area contributed by atoms with Crippen molar-refractivity contribution in [1.29, 1.82) is 0 Å². The first-order chi connectivity index (χ1) is 13.8. The normalized spacial score (nSPS) is 20.3. The summed E-state index contributed by atoms with van der Waals surface area (Å²) in [6, 6.07) is 2.88. The van der Waals surface area contributed by atoms with E-state index in [1.165, 1.54) is 17.8 Å². The number of amides is 1. The van der Waals surface area contributed by atoms with Crippen molar-refractivity contribution >= 4 is 34.1 Å². The van der Waals surface area contributed by atoms with Gasteiger partial charge in [0.05, 0.1) is 6.04 Å². The predicted octanol–water partition coefficient (Wildman–Crippen LogP) is 3.20. The molecule has 1 aliphatic heterocycles. The van der Waals surface area contributed by atoms with Gasteiger partial charge in [0.15, 0.2) is 0 Å². The van der Waals surface area contributed by atoms with E-state index < -0.39 is 17.2 Å². The lowest BCUT2D eigenvalue weighted by Gasteiger charge is -2.25. The van der Waals surface area contributed by atoms with E-state index >= 15 is 0 Å². The van der Waals surface area contributed by atoms with E-state index in [-0.39, 0.29) is 5.91 Å². The number of nitrogens with zero attached hydrogens (tertiary/aromatic N) is 3. The number of carbonyl (C=O) groups is 1. The van der Waals surface area contributed by atoms with Crippen molar-refractivity contribution in [3.05, 3.63) is 28.3 Å². The van der Waals surface area contributed by atoms with Crippen LogP contribution in [0.3, 0.4) is 0 Å². The van der Waals surface area contributed by atoms with Gasteiger partial charge in [0.25, 0.3) is 0 Å². The Kier molecular flexibility index (Phi) is 7.89. The summed E-state index contributed by atoms with van der Waals surface area (Å²) in [5, 5.41) is 15.7. The Balaban J connectivity index is 2.30. The molecule has 0 spiro atoms. The topological polar surface area (TPSA) is 107 Å². The largest absolute Gasteiger partial charge is 0.426 e. The third-order valence-corrected chi connectivity index (χ3v) is 6.28. The van der Waals surface area contributed by atoms with Crippen LogP contribution in [0.2, 0.25) is 0 Å². The van der Waals surface area contributed by atoms with Crippen molar-refractivity contribution in [3.8, 4) is 0 Å². The molecule has 2 atom stereocenters. The highest BCUT2D eigenvalue weighted by molar-refractivity contribution is 8.16. The molecule has 160 valence electrons. The predicted molar refractivity (Wildman–Crippen MR) is 118 cm³/mol. The maximum absolute atomic E-state index is 13.0. The first kappa shape index (κ1) is 23.0. The molecule has 1 aromatic rings. The van der Waals surface area contributed by atoms with Crippen LogP contribution in [0.15, 0.2) is 31.5 Å². The monoisotopic (exact) mass is 422 g/mol. The van der Waals surface area contributed by atoms with Gasteiger partial charge in [-0.3, -0.25) is 9.79 Å². The molecule has 2 N–H and O–H groups in total. The minimum atomic E-state index is -0.977. The minimum absolute atomic E-state index is 0.250. The van der Waals surface area contributed by atoms with Crippen LogP contribution in [0.5, 0.6) is 0 Å². The maximum atomic E-state index is 13.0. The van der Waals surface area contributed by atoms with Gasteiger partial charge in [-0.1, -0.05) is 18.5 Å². The van der Waals surface area contributed by atoms with Gasteiger partial charge >= 0.3 is 5.63 Å². The first-order valence-electron chi connectivity index (χ1n) is 9.90. The molecular formula is C20H30N4O4S. The van der Waals surface area contributed by atoms with Crippen molar-refractivity contribution in [1.82, 2.24) is 5.32 Å².